The maximum absolute atomic E-state index is 14.4. The zero-order valence-corrected chi connectivity index (χ0v) is 13.5. The summed E-state index contributed by atoms with van der Waals surface area (Å²) in [5, 5.41) is 8.97. The van der Waals surface area contributed by atoms with Crippen LogP contribution < -0.4 is 0 Å². The Hall–Kier alpha value is -2.55. The molecule has 124 valence electrons. The van der Waals surface area contributed by atoms with Gasteiger partial charge in [-0.05, 0) is 30.7 Å². The standard InChI is InChI=1S/C18H15F3N2O/c1-10-9-23(12-4-5-13(19)11(6-12)8-22)14-7-17(2,3)18(20,21)16(24)15(10)14/h4-6,9H,7H2,1-3H3. The summed E-state index contributed by atoms with van der Waals surface area (Å²) in [7, 11) is 0. The summed E-state index contributed by atoms with van der Waals surface area (Å²) < 4.78 is 43.9. The highest BCUT2D eigenvalue weighted by atomic mass is 19.3. The van der Waals surface area contributed by atoms with Crippen molar-refractivity contribution in [2.75, 3.05) is 0 Å². The van der Waals surface area contributed by atoms with Crippen molar-refractivity contribution in [3.8, 4) is 11.8 Å². The van der Waals surface area contributed by atoms with Crippen LogP contribution in [-0.4, -0.2) is 16.3 Å². The average molecular weight is 332 g/mol. The highest BCUT2D eigenvalue weighted by molar-refractivity contribution is 6.05. The first-order valence-electron chi connectivity index (χ1n) is 7.43. The van der Waals surface area contributed by atoms with Crippen molar-refractivity contribution in [1.29, 1.82) is 5.26 Å². The fourth-order valence-corrected chi connectivity index (χ4v) is 3.14. The van der Waals surface area contributed by atoms with E-state index in [1.54, 1.807) is 23.8 Å². The van der Waals surface area contributed by atoms with E-state index in [2.05, 4.69) is 0 Å². The molecule has 3 rings (SSSR count). The van der Waals surface area contributed by atoms with Crippen LogP contribution in [0.3, 0.4) is 0 Å². The van der Waals surface area contributed by atoms with Gasteiger partial charge in [0.2, 0.25) is 5.78 Å². The summed E-state index contributed by atoms with van der Waals surface area (Å²) in [6, 6.07) is 5.71. The SMILES string of the molecule is Cc1cn(-c2ccc(F)c(C#N)c2)c2c1C(=O)C(F)(F)C(C)(C)C2. The number of fused-ring (bicyclic) bond motifs is 1. The number of Topliss-reactive ketones (excluding diaryl/α,β-unsaturated/α-hetero) is 1. The molecule has 0 saturated carbocycles. The lowest BCUT2D eigenvalue weighted by Crippen LogP contribution is -2.49. The van der Waals surface area contributed by atoms with E-state index in [0.717, 1.165) is 6.07 Å². The first-order valence-corrected chi connectivity index (χ1v) is 7.43. The van der Waals surface area contributed by atoms with Crippen molar-refractivity contribution < 1.29 is 18.0 Å². The highest BCUT2D eigenvalue weighted by Crippen LogP contribution is 2.47. The zero-order chi connectivity index (χ0) is 17.9. The molecule has 2 aromatic rings. The van der Waals surface area contributed by atoms with Gasteiger partial charge in [-0.25, -0.2) is 4.39 Å². The monoisotopic (exact) mass is 332 g/mol. The summed E-state index contributed by atoms with van der Waals surface area (Å²) in [5.41, 5.74) is -0.290. The molecule has 0 fully saturated rings. The lowest BCUT2D eigenvalue weighted by Gasteiger charge is -2.37. The second kappa shape index (κ2) is 4.97. The van der Waals surface area contributed by atoms with E-state index in [1.165, 1.54) is 26.0 Å². The quantitative estimate of drug-likeness (QED) is 0.786. The molecule has 1 heterocycles. The number of carbonyl (C=O) groups is 1. The predicted octanol–water partition coefficient (Wildman–Crippen LogP) is 4.20. The molecule has 3 nitrogen and oxygen atoms in total. The number of benzene rings is 1. The van der Waals surface area contributed by atoms with Crippen molar-refractivity contribution in [3.63, 3.8) is 0 Å². The number of hydrogen-bond donors (Lipinski definition) is 0. The van der Waals surface area contributed by atoms with Crippen LogP contribution in [0.4, 0.5) is 13.2 Å². The smallest absolute Gasteiger partial charge is 0.315 e. The molecule has 6 heteroatoms. The summed E-state index contributed by atoms with van der Waals surface area (Å²) >= 11 is 0. The van der Waals surface area contributed by atoms with Gasteiger partial charge >= 0.3 is 5.92 Å². The van der Waals surface area contributed by atoms with Crippen LogP contribution in [0.2, 0.25) is 0 Å². The van der Waals surface area contributed by atoms with Crippen LogP contribution in [0.15, 0.2) is 24.4 Å². The van der Waals surface area contributed by atoms with Gasteiger partial charge in [0.25, 0.3) is 0 Å². The second-order valence-corrected chi connectivity index (χ2v) is 6.74. The van der Waals surface area contributed by atoms with Crippen molar-refractivity contribution in [2.24, 2.45) is 5.41 Å². The van der Waals surface area contributed by atoms with Crippen molar-refractivity contribution in [2.45, 2.75) is 33.1 Å². The van der Waals surface area contributed by atoms with Crippen molar-refractivity contribution >= 4 is 5.78 Å². The van der Waals surface area contributed by atoms with Crippen LogP contribution in [0.25, 0.3) is 5.69 Å². The van der Waals surface area contributed by atoms with Crippen LogP contribution >= 0.6 is 0 Å². The topological polar surface area (TPSA) is 45.8 Å². The van der Waals surface area contributed by atoms with Crippen molar-refractivity contribution in [3.05, 3.63) is 52.6 Å². The molecule has 24 heavy (non-hydrogen) atoms. The molecular weight excluding hydrogens is 317 g/mol. The number of halogens is 3. The number of carbonyl (C=O) groups excluding carboxylic acids is 1. The molecule has 1 aliphatic rings. The third kappa shape index (κ3) is 2.08. The van der Waals surface area contributed by atoms with Gasteiger partial charge in [0.15, 0.2) is 0 Å². The van der Waals surface area contributed by atoms with Gasteiger partial charge in [-0.1, -0.05) is 13.8 Å². The van der Waals surface area contributed by atoms with E-state index < -0.39 is 22.9 Å². The number of hydrogen-bond acceptors (Lipinski definition) is 2. The Morgan fingerprint density at radius 1 is 1.29 bits per heavy atom. The molecule has 1 aromatic heterocycles. The van der Waals surface area contributed by atoms with Gasteiger partial charge in [0.05, 0.1) is 5.56 Å². The number of rotatable bonds is 1. The zero-order valence-electron chi connectivity index (χ0n) is 13.5. The molecule has 1 aromatic carbocycles. The molecule has 0 bridgehead atoms. The third-order valence-corrected chi connectivity index (χ3v) is 4.62. The Labute approximate surface area is 137 Å². The van der Waals surface area contributed by atoms with E-state index in [9.17, 15) is 18.0 Å². The molecule has 0 N–H and O–H groups in total. The Balaban J connectivity index is 2.24. The van der Waals surface area contributed by atoms with E-state index in [4.69, 9.17) is 5.26 Å². The molecule has 0 atom stereocenters. The molecular formula is C18H15F3N2O. The Kier molecular flexibility index (Phi) is 3.38. The maximum atomic E-state index is 14.4. The first-order chi connectivity index (χ1) is 11.1. The Morgan fingerprint density at radius 2 is 1.96 bits per heavy atom. The third-order valence-electron chi connectivity index (χ3n) is 4.62. The molecule has 0 aliphatic heterocycles. The second-order valence-electron chi connectivity index (χ2n) is 6.74. The van der Waals surface area contributed by atoms with E-state index in [0.29, 0.717) is 16.9 Å². The van der Waals surface area contributed by atoms with Crippen LogP contribution in [-0.2, 0) is 6.42 Å². The number of ketones is 1. The number of nitrogens with zero attached hydrogens (tertiary/aromatic N) is 2. The molecule has 0 radical (unpaired) electrons. The van der Waals surface area contributed by atoms with Gasteiger partial charge in [0.1, 0.15) is 11.9 Å². The van der Waals surface area contributed by atoms with Crippen LogP contribution in [0.1, 0.15) is 41.0 Å². The molecule has 0 spiro atoms. The summed E-state index contributed by atoms with van der Waals surface area (Å²) in [5.74, 6) is -5.29. The van der Waals surface area contributed by atoms with Gasteiger partial charge in [-0.2, -0.15) is 14.0 Å². The maximum Gasteiger partial charge on any atom is 0.315 e. The fourth-order valence-electron chi connectivity index (χ4n) is 3.14. The van der Waals surface area contributed by atoms with Crippen LogP contribution in [0, 0.1) is 29.5 Å². The molecule has 0 saturated heterocycles. The normalized spacial score (nSPS) is 18.1. The number of nitriles is 1. The highest BCUT2D eigenvalue weighted by Gasteiger charge is 2.57. The van der Waals surface area contributed by atoms with Gasteiger partial charge < -0.3 is 4.57 Å². The minimum absolute atomic E-state index is 0.00578. The Bertz CT molecular complexity index is 904. The minimum atomic E-state index is -3.45. The van der Waals surface area contributed by atoms with Crippen LogP contribution in [0.5, 0.6) is 0 Å². The predicted molar refractivity (Wildman–Crippen MR) is 81.9 cm³/mol. The lowest BCUT2D eigenvalue weighted by molar-refractivity contribution is -0.0756. The lowest BCUT2D eigenvalue weighted by atomic mass is 9.72. The van der Waals surface area contributed by atoms with E-state index in [-0.39, 0.29) is 17.5 Å². The van der Waals surface area contributed by atoms with Gasteiger partial charge in [-0.15, -0.1) is 0 Å². The Morgan fingerprint density at radius 3 is 2.58 bits per heavy atom. The number of aromatic nitrogens is 1. The van der Waals surface area contributed by atoms with E-state index >= 15 is 0 Å². The summed E-state index contributed by atoms with van der Waals surface area (Å²) in [6.45, 7) is 4.30. The fraction of sp³-hybridized carbons (Fsp3) is 0.333. The molecule has 1 aliphatic carbocycles. The molecule has 0 amide bonds. The van der Waals surface area contributed by atoms with Gasteiger partial charge in [0, 0.05) is 35.0 Å². The van der Waals surface area contributed by atoms with Crippen molar-refractivity contribution in [1.82, 2.24) is 4.57 Å². The van der Waals surface area contributed by atoms with E-state index in [1.807, 2.05) is 0 Å². The number of alkyl halides is 2. The minimum Gasteiger partial charge on any atom is -0.320 e. The summed E-state index contributed by atoms with van der Waals surface area (Å²) in [6.07, 6.45) is 1.57. The largest absolute Gasteiger partial charge is 0.320 e. The number of aryl methyl sites for hydroxylation is 1. The first kappa shape index (κ1) is 16.3. The van der Waals surface area contributed by atoms with Gasteiger partial charge in [-0.3, -0.25) is 4.79 Å². The summed E-state index contributed by atoms with van der Waals surface area (Å²) in [4.78, 5) is 12.3. The molecule has 0 unspecified atom stereocenters. The average Bonchev–Trinajstić information content (AvgIpc) is 2.82.